The molecule has 0 saturated carbocycles. The Bertz CT molecular complexity index is 364. The largest absolute Gasteiger partial charge is 0.351 e. The Labute approximate surface area is 82.5 Å². The standard InChI is InChI=1S/C10H13N3O/c11-6-8-5-7-3-1-2-4-9(7)13(8)10(12)14/h1-4,8H,5-6,11H2,(H2,12,14). The molecule has 14 heavy (non-hydrogen) atoms. The summed E-state index contributed by atoms with van der Waals surface area (Å²) in [5, 5.41) is 0. The van der Waals surface area contributed by atoms with E-state index in [1.54, 1.807) is 4.90 Å². The van der Waals surface area contributed by atoms with Gasteiger partial charge in [-0.3, -0.25) is 4.90 Å². The van der Waals surface area contributed by atoms with Crippen molar-refractivity contribution in [3.8, 4) is 0 Å². The Morgan fingerprint density at radius 2 is 2.21 bits per heavy atom. The van der Waals surface area contributed by atoms with Crippen LogP contribution in [0.2, 0.25) is 0 Å². The van der Waals surface area contributed by atoms with Crippen molar-refractivity contribution in [2.24, 2.45) is 11.5 Å². The molecule has 4 nitrogen and oxygen atoms in total. The molecule has 0 aliphatic carbocycles. The summed E-state index contributed by atoms with van der Waals surface area (Å²) in [6.45, 7) is 0.442. The van der Waals surface area contributed by atoms with E-state index in [9.17, 15) is 4.79 Å². The molecule has 1 heterocycles. The SMILES string of the molecule is NCC1Cc2ccccc2N1C(N)=O. The number of carbonyl (C=O) groups is 1. The molecular formula is C10H13N3O. The number of amides is 2. The van der Waals surface area contributed by atoms with Crippen LogP contribution in [0.3, 0.4) is 0 Å². The van der Waals surface area contributed by atoms with Gasteiger partial charge in [-0.1, -0.05) is 18.2 Å². The number of fused-ring (bicyclic) bond motifs is 1. The molecule has 4 N–H and O–H groups in total. The summed E-state index contributed by atoms with van der Waals surface area (Å²) in [4.78, 5) is 12.8. The third-order valence-corrected chi connectivity index (χ3v) is 2.58. The van der Waals surface area contributed by atoms with Crippen LogP contribution < -0.4 is 16.4 Å². The maximum absolute atomic E-state index is 11.2. The molecule has 0 bridgehead atoms. The summed E-state index contributed by atoms with van der Waals surface area (Å²) in [6, 6.07) is 7.34. The second-order valence-electron chi connectivity index (χ2n) is 3.43. The molecule has 1 aliphatic heterocycles. The number of hydrogen-bond donors (Lipinski definition) is 2. The highest BCUT2D eigenvalue weighted by Crippen LogP contribution is 2.30. The second-order valence-corrected chi connectivity index (χ2v) is 3.43. The monoisotopic (exact) mass is 191 g/mol. The van der Waals surface area contributed by atoms with Crippen molar-refractivity contribution in [2.75, 3.05) is 11.4 Å². The van der Waals surface area contributed by atoms with E-state index in [0.29, 0.717) is 6.54 Å². The molecule has 1 aromatic rings. The van der Waals surface area contributed by atoms with Crippen LogP contribution >= 0.6 is 0 Å². The molecular weight excluding hydrogens is 178 g/mol. The average Bonchev–Trinajstić information content (AvgIpc) is 2.55. The number of nitrogens with two attached hydrogens (primary N) is 2. The topological polar surface area (TPSA) is 72.3 Å². The minimum Gasteiger partial charge on any atom is -0.351 e. The first kappa shape index (κ1) is 9.02. The Morgan fingerprint density at radius 1 is 1.50 bits per heavy atom. The number of para-hydroxylation sites is 1. The van der Waals surface area contributed by atoms with Gasteiger partial charge in [0.25, 0.3) is 0 Å². The van der Waals surface area contributed by atoms with Crippen LogP contribution in [0.25, 0.3) is 0 Å². The molecule has 1 aliphatic rings. The number of rotatable bonds is 1. The third kappa shape index (κ3) is 1.24. The van der Waals surface area contributed by atoms with E-state index in [0.717, 1.165) is 17.7 Å². The first-order chi connectivity index (χ1) is 6.74. The van der Waals surface area contributed by atoms with Crippen LogP contribution in [0.4, 0.5) is 10.5 Å². The van der Waals surface area contributed by atoms with E-state index in [-0.39, 0.29) is 6.04 Å². The predicted octanol–water partition coefficient (Wildman–Crippen LogP) is 0.455. The summed E-state index contributed by atoms with van der Waals surface area (Å²) in [6.07, 6.45) is 0.801. The van der Waals surface area contributed by atoms with Crippen LogP contribution in [-0.4, -0.2) is 18.6 Å². The zero-order valence-electron chi connectivity index (χ0n) is 7.81. The van der Waals surface area contributed by atoms with Crippen molar-refractivity contribution < 1.29 is 4.79 Å². The fraction of sp³-hybridized carbons (Fsp3) is 0.300. The number of carbonyl (C=O) groups excluding carboxylic acids is 1. The number of hydrogen-bond acceptors (Lipinski definition) is 2. The summed E-state index contributed by atoms with van der Waals surface area (Å²) in [7, 11) is 0. The molecule has 0 radical (unpaired) electrons. The summed E-state index contributed by atoms with van der Waals surface area (Å²) >= 11 is 0. The van der Waals surface area contributed by atoms with Gasteiger partial charge >= 0.3 is 6.03 Å². The quantitative estimate of drug-likeness (QED) is 0.676. The molecule has 1 aromatic carbocycles. The van der Waals surface area contributed by atoms with Gasteiger partial charge in [0, 0.05) is 12.2 Å². The summed E-state index contributed by atoms with van der Waals surface area (Å²) < 4.78 is 0. The van der Waals surface area contributed by atoms with Gasteiger partial charge in [-0.05, 0) is 18.1 Å². The van der Waals surface area contributed by atoms with Crippen LogP contribution in [0, 0.1) is 0 Å². The summed E-state index contributed by atoms with van der Waals surface area (Å²) in [5.41, 5.74) is 12.9. The lowest BCUT2D eigenvalue weighted by atomic mass is 10.1. The van der Waals surface area contributed by atoms with Gasteiger partial charge in [-0.2, -0.15) is 0 Å². The number of primary amides is 1. The molecule has 2 rings (SSSR count). The van der Waals surface area contributed by atoms with E-state index in [1.807, 2.05) is 24.3 Å². The van der Waals surface area contributed by atoms with Crippen molar-refractivity contribution in [1.82, 2.24) is 0 Å². The maximum Gasteiger partial charge on any atom is 0.319 e. The maximum atomic E-state index is 11.2. The van der Waals surface area contributed by atoms with Crippen molar-refractivity contribution in [3.63, 3.8) is 0 Å². The first-order valence-electron chi connectivity index (χ1n) is 4.60. The zero-order valence-corrected chi connectivity index (χ0v) is 7.81. The van der Waals surface area contributed by atoms with Crippen molar-refractivity contribution in [1.29, 1.82) is 0 Å². The Morgan fingerprint density at radius 3 is 2.86 bits per heavy atom. The van der Waals surface area contributed by atoms with Crippen LogP contribution in [0.1, 0.15) is 5.56 Å². The summed E-state index contributed by atoms with van der Waals surface area (Å²) in [5.74, 6) is 0. The Balaban J connectivity index is 2.42. The minimum atomic E-state index is -0.426. The highest BCUT2D eigenvalue weighted by Gasteiger charge is 2.30. The predicted molar refractivity (Wildman–Crippen MR) is 55.1 cm³/mol. The Hall–Kier alpha value is -1.55. The highest BCUT2D eigenvalue weighted by atomic mass is 16.2. The van der Waals surface area contributed by atoms with Crippen LogP contribution in [0.15, 0.2) is 24.3 Å². The normalized spacial score (nSPS) is 19.5. The van der Waals surface area contributed by atoms with Gasteiger partial charge in [0.2, 0.25) is 0 Å². The molecule has 74 valence electrons. The molecule has 0 saturated heterocycles. The lowest BCUT2D eigenvalue weighted by Crippen LogP contribution is -2.45. The van der Waals surface area contributed by atoms with Crippen molar-refractivity contribution in [2.45, 2.75) is 12.5 Å². The fourth-order valence-corrected chi connectivity index (χ4v) is 1.95. The molecule has 0 aromatic heterocycles. The third-order valence-electron chi connectivity index (χ3n) is 2.58. The lowest BCUT2D eigenvalue weighted by molar-refractivity contribution is 0.252. The molecule has 1 unspecified atom stereocenters. The molecule has 0 spiro atoms. The first-order valence-corrected chi connectivity index (χ1v) is 4.60. The molecule has 0 fully saturated rings. The number of nitrogens with zero attached hydrogens (tertiary/aromatic N) is 1. The van der Waals surface area contributed by atoms with E-state index in [1.165, 1.54) is 0 Å². The van der Waals surface area contributed by atoms with Gasteiger partial charge in [0.15, 0.2) is 0 Å². The van der Waals surface area contributed by atoms with Gasteiger partial charge < -0.3 is 11.5 Å². The fourth-order valence-electron chi connectivity index (χ4n) is 1.95. The zero-order chi connectivity index (χ0) is 10.1. The van der Waals surface area contributed by atoms with Crippen LogP contribution in [0.5, 0.6) is 0 Å². The number of benzene rings is 1. The molecule has 2 amide bonds. The number of anilines is 1. The van der Waals surface area contributed by atoms with Gasteiger partial charge in [-0.25, -0.2) is 4.79 Å². The van der Waals surface area contributed by atoms with Crippen molar-refractivity contribution in [3.05, 3.63) is 29.8 Å². The lowest BCUT2D eigenvalue weighted by Gasteiger charge is -2.21. The number of urea groups is 1. The van der Waals surface area contributed by atoms with Gasteiger partial charge in [-0.15, -0.1) is 0 Å². The van der Waals surface area contributed by atoms with E-state index >= 15 is 0 Å². The minimum absolute atomic E-state index is 0.0184. The van der Waals surface area contributed by atoms with Gasteiger partial charge in [0.05, 0.1) is 6.04 Å². The highest BCUT2D eigenvalue weighted by molar-refractivity contribution is 5.93. The van der Waals surface area contributed by atoms with E-state index in [4.69, 9.17) is 11.5 Å². The molecule has 1 atom stereocenters. The van der Waals surface area contributed by atoms with E-state index < -0.39 is 6.03 Å². The smallest absolute Gasteiger partial charge is 0.319 e. The van der Waals surface area contributed by atoms with E-state index in [2.05, 4.69) is 0 Å². The molecule has 4 heteroatoms. The Kier molecular flexibility index (Phi) is 2.13. The average molecular weight is 191 g/mol. The second kappa shape index (κ2) is 3.31. The van der Waals surface area contributed by atoms with Gasteiger partial charge in [0.1, 0.15) is 0 Å². The van der Waals surface area contributed by atoms with Crippen LogP contribution in [-0.2, 0) is 6.42 Å². The van der Waals surface area contributed by atoms with Crippen molar-refractivity contribution >= 4 is 11.7 Å².